The number of esters is 1. The van der Waals surface area contributed by atoms with Crippen LogP contribution < -0.4 is 5.43 Å². The van der Waals surface area contributed by atoms with Crippen molar-refractivity contribution < 1.29 is 23.5 Å². The maximum Gasteiger partial charge on any atom is 0.343 e. The van der Waals surface area contributed by atoms with Crippen LogP contribution in [-0.2, 0) is 22.0 Å². The Kier molecular flexibility index (Phi) is 11.0. The van der Waals surface area contributed by atoms with Crippen molar-refractivity contribution >= 4 is 36.9 Å². The SMILES string of the molecule is CCOC(=O)c1cn(C(CO[Si](C)(C)C(C)(C)C)C(C)(C)C)c2nc(CCCO)c(Cc3cccc(Cl)c3F)cc2c1=O. The molecule has 7 nitrogen and oxygen atoms in total. The standard InChI is InChI=1S/C33H46ClFN2O5Si/c1-10-41-31(40)24-19-37(27(32(2,3)4)20-42-43(8,9)33(5,6)7)30-23(29(24)39)18-22(26(36-30)15-12-16-38)17-21-13-11-14-25(34)28(21)35/h11,13-14,18-19,27,38H,10,12,15-17,20H2,1-9H3. The van der Waals surface area contributed by atoms with Gasteiger partial charge in [0.2, 0.25) is 5.43 Å². The van der Waals surface area contributed by atoms with Crippen molar-refractivity contribution in [2.24, 2.45) is 5.41 Å². The minimum Gasteiger partial charge on any atom is -0.462 e. The average molecular weight is 633 g/mol. The summed E-state index contributed by atoms with van der Waals surface area (Å²) in [6.45, 7) is 19.3. The second kappa shape index (κ2) is 13.6. The second-order valence-electron chi connectivity index (χ2n) is 13.6. The number of aryl methyl sites for hydroxylation is 1. The van der Waals surface area contributed by atoms with Crippen LogP contribution in [-0.4, -0.2) is 48.8 Å². The van der Waals surface area contributed by atoms with Gasteiger partial charge in [-0.25, -0.2) is 14.2 Å². The molecule has 0 aliphatic rings. The van der Waals surface area contributed by atoms with Crippen LogP contribution in [0, 0.1) is 11.2 Å². The van der Waals surface area contributed by atoms with Gasteiger partial charge in [-0.05, 0) is 66.6 Å². The van der Waals surface area contributed by atoms with Gasteiger partial charge >= 0.3 is 5.97 Å². The number of rotatable bonds is 11. The number of fused-ring (bicyclic) bond motifs is 1. The van der Waals surface area contributed by atoms with Crippen LogP contribution >= 0.6 is 11.6 Å². The van der Waals surface area contributed by atoms with E-state index in [1.54, 1.807) is 31.3 Å². The van der Waals surface area contributed by atoms with E-state index in [9.17, 15) is 19.1 Å². The topological polar surface area (TPSA) is 90.7 Å². The Balaban J connectivity index is 2.35. The molecule has 0 radical (unpaired) electrons. The summed E-state index contributed by atoms with van der Waals surface area (Å²) in [5.74, 6) is -1.25. The first-order chi connectivity index (χ1) is 19.9. The van der Waals surface area contributed by atoms with E-state index in [2.05, 4.69) is 54.6 Å². The Hall–Kier alpha value is -2.59. The summed E-state index contributed by atoms with van der Waals surface area (Å²) in [5, 5.41) is 9.85. The largest absolute Gasteiger partial charge is 0.462 e. The number of benzene rings is 1. The van der Waals surface area contributed by atoms with Gasteiger partial charge in [0.15, 0.2) is 8.32 Å². The van der Waals surface area contributed by atoms with Crippen LogP contribution in [0.1, 0.15) is 88.1 Å². The van der Waals surface area contributed by atoms with Gasteiger partial charge in [-0.1, -0.05) is 65.3 Å². The fourth-order valence-electron chi connectivity index (χ4n) is 4.70. The molecule has 10 heteroatoms. The summed E-state index contributed by atoms with van der Waals surface area (Å²) in [4.78, 5) is 31.9. The number of pyridine rings is 2. The molecule has 0 aliphatic carbocycles. The highest BCUT2D eigenvalue weighted by Gasteiger charge is 2.39. The third-order valence-corrected chi connectivity index (χ3v) is 13.2. The fourth-order valence-corrected chi connectivity index (χ4v) is 5.90. The van der Waals surface area contributed by atoms with E-state index in [0.717, 1.165) is 0 Å². The number of carbonyl (C=O) groups is 1. The Bertz CT molecular complexity index is 1520. The van der Waals surface area contributed by atoms with E-state index in [0.29, 0.717) is 41.9 Å². The zero-order chi connectivity index (χ0) is 32.3. The predicted molar refractivity (Wildman–Crippen MR) is 173 cm³/mol. The number of hydrogen-bond acceptors (Lipinski definition) is 6. The maximum absolute atomic E-state index is 15.0. The Labute approximate surface area is 260 Å². The van der Waals surface area contributed by atoms with Crippen LogP contribution in [0.4, 0.5) is 4.39 Å². The van der Waals surface area contributed by atoms with Crippen molar-refractivity contribution in [3.05, 3.63) is 73.9 Å². The molecule has 3 rings (SSSR count). The summed E-state index contributed by atoms with van der Waals surface area (Å²) in [5.41, 5.74) is 1.06. The lowest BCUT2D eigenvalue weighted by Crippen LogP contribution is -2.43. The lowest BCUT2D eigenvalue weighted by atomic mass is 9.86. The first-order valence-corrected chi connectivity index (χ1v) is 18.1. The number of carbonyl (C=O) groups excluding carboxylic acids is 1. The fraction of sp³-hybridized carbons (Fsp3) is 0.545. The molecular formula is C33H46ClFN2O5Si. The molecule has 43 heavy (non-hydrogen) atoms. The lowest BCUT2D eigenvalue weighted by Gasteiger charge is -2.40. The molecule has 1 N–H and O–H groups in total. The number of halogens is 2. The summed E-state index contributed by atoms with van der Waals surface area (Å²) in [6.07, 6.45) is 2.54. The Morgan fingerprint density at radius 1 is 1.16 bits per heavy atom. The summed E-state index contributed by atoms with van der Waals surface area (Å²) < 4.78 is 28.8. The van der Waals surface area contributed by atoms with Gasteiger partial charge in [0, 0.05) is 24.9 Å². The van der Waals surface area contributed by atoms with Gasteiger partial charge in [0.05, 0.1) is 29.7 Å². The molecule has 1 atom stereocenters. The second-order valence-corrected chi connectivity index (χ2v) is 18.9. The van der Waals surface area contributed by atoms with Crippen molar-refractivity contribution in [1.29, 1.82) is 0 Å². The zero-order valence-corrected chi connectivity index (χ0v) is 28.7. The molecule has 2 aromatic heterocycles. The molecule has 2 heterocycles. The van der Waals surface area contributed by atoms with E-state index in [1.165, 1.54) is 6.07 Å². The van der Waals surface area contributed by atoms with Crippen molar-refractivity contribution in [3.8, 4) is 0 Å². The van der Waals surface area contributed by atoms with Gasteiger partial charge in [-0.15, -0.1) is 0 Å². The molecular weight excluding hydrogens is 587 g/mol. The highest BCUT2D eigenvalue weighted by atomic mass is 35.5. The zero-order valence-electron chi connectivity index (χ0n) is 26.9. The van der Waals surface area contributed by atoms with E-state index in [1.807, 2.05) is 4.57 Å². The van der Waals surface area contributed by atoms with Crippen molar-refractivity contribution in [1.82, 2.24) is 9.55 Å². The van der Waals surface area contributed by atoms with Gasteiger partial charge in [-0.3, -0.25) is 4.79 Å². The number of aromatic nitrogens is 2. The Morgan fingerprint density at radius 2 is 1.84 bits per heavy atom. The minimum atomic E-state index is -2.16. The van der Waals surface area contributed by atoms with Crippen molar-refractivity contribution in [2.45, 2.75) is 91.9 Å². The van der Waals surface area contributed by atoms with Gasteiger partial charge in [-0.2, -0.15) is 0 Å². The quantitative estimate of drug-likeness (QED) is 0.174. The third-order valence-electron chi connectivity index (χ3n) is 8.40. The molecule has 0 aliphatic heterocycles. The van der Waals surface area contributed by atoms with Crippen molar-refractivity contribution in [3.63, 3.8) is 0 Å². The smallest absolute Gasteiger partial charge is 0.343 e. The summed E-state index contributed by atoms with van der Waals surface area (Å²) in [7, 11) is -2.16. The van der Waals surface area contributed by atoms with Crippen LogP contribution in [0.15, 0.2) is 35.3 Å². The summed E-state index contributed by atoms with van der Waals surface area (Å²) >= 11 is 6.06. The van der Waals surface area contributed by atoms with Crippen LogP contribution in [0.2, 0.25) is 23.2 Å². The van der Waals surface area contributed by atoms with Gasteiger partial charge < -0.3 is 18.8 Å². The molecule has 0 saturated heterocycles. The molecule has 0 amide bonds. The van der Waals surface area contributed by atoms with Crippen LogP contribution in [0.25, 0.3) is 11.0 Å². The predicted octanol–water partition coefficient (Wildman–Crippen LogP) is 7.49. The van der Waals surface area contributed by atoms with Crippen LogP contribution in [0.3, 0.4) is 0 Å². The van der Waals surface area contributed by atoms with E-state index < -0.39 is 25.5 Å². The monoisotopic (exact) mass is 632 g/mol. The van der Waals surface area contributed by atoms with E-state index >= 15 is 0 Å². The van der Waals surface area contributed by atoms with Crippen molar-refractivity contribution in [2.75, 3.05) is 19.8 Å². The molecule has 0 bridgehead atoms. The first kappa shape index (κ1) is 34.9. The normalized spacial score (nSPS) is 13.4. The average Bonchev–Trinajstić information content (AvgIpc) is 2.90. The minimum absolute atomic E-state index is 0.00450. The molecule has 1 aromatic carbocycles. The number of ether oxygens (including phenoxy) is 1. The number of hydrogen-bond donors (Lipinski definition) is 1. The molecule has 236 valence electrons. The maximum atomic E-state index is 15.0. The number of nitrogens with zero attached hydrogens (tertiary/aromatic N) is 2. The van der Waals surface area contributed by atoms with E-state index in [-0.39, 0.29) is 52.1 Å². The van der Waals surface area contributed by atoms with Gasteiger partial charge in [0.25, 0.3) is 0 Å². The van der Waals surface area contributed by atoms with Gasteiger partial charge in [0.1, 0.15) is 17.0 Å². The third kappa shape index (κ3) is 7.93. The first-order valence-electron chi connectivity index (χ1n) is 14.8. The number of aliphatic hydroxyl groups is 1. The molecule has 1 unspecified atom stereocenters. The molecule has 0 fully saturated rings. The summed E-state index contributed by atoms with van der Waals surface area (Å²) in [6, 6.07) is 6.19. The molecule has 3 aromatic rings. The Morgan fingerprint density at radius 3 is 2.42 bits per heavy atom. The molecule has 0 saturated carbocycles. The van der Waals surface area contributed by atoms with E-state index in [4.69, 9.17) is 25.7 Å². The molecule has 0 spiro atoms. The van der Waals surface area contributed by atoms with Crippen LogP contribution in [0.5, 0.6) is 0 Å². The highest BCUT2D eigenvalue weighted by molar-refractivity contribution is 6.74. The lowest BCUT2D eigenvalue weighted by molar-refractivity contribution is 0.0522. The highest BCUT2D eigenvalue weighted by Crippen LogP contribution is 2.40. The number of aliphatic hydroxyl groups excluding tert-OH is 1.